The third-order valence-electron chi connectivity index (χ3n) is 4.45. The van der Waals surface area contributed by atoms with Crippen molar-refractivity contribution in [1.82, 2.24) is 14.8 Å². The Bertz CT molecular complexity index is 1070. The number of carbonyl (C=O) groups excluding carboxylic acids is 2. The number of pyridine rings is 1. The fraction of sp³-hybridized carbons (Fsp3) is 0.273. The minimum absolute atomic E-state index is 0.0733. The van der Waals surface area contributed by atoms with Gasteiger partial charge in [0.1, 0.15) is 0 Å². The molecule has 156 valence electrons. The van der Waals surface area contributed by atoms with Gasteiger partial charge in [-0.1, -0.05) is 37.6 Å². The van der Waals surface area contributed by atoms with Gasteiger partial charge in [-0.3, -0.25) is 4.79 Å². The van der Waals surface area contributed by atoms with Gasteiger partial charge in [-0.25, -0.2) is 14.5 Å². The first kappa shape index (κ1) is 21.5. The Morgan fingerprint density at radius 3 is 2.43 bits per heavy atom. The summed E-state index contributed by atoms with van der Waals surface area (Å²) >= 11 is 6.12. The summed E-state index contributed by atoms with van der Waals surface area (Å²) < 4.78 is 6.71. The molecule has 0 spiro atoms. The van der Waals surface area contributed by atoms with Gasteiger partial charge < -0.3 is 10.1 Å². The zero-order valence-electron chi connectivity index (χ0n) is 17.3. The Morgan fingerprint density at radius 2 is 1.83 bits per heavy atom. The summed E-state index contributed by atoms with van der Waals surface area (Å²) in [6.07, 6.45) is 0. The van der Waals surface area contributed by atoms with E-state index in [0.717, 1.165) is 11.4 Å². The molecule has 0 unspecified atom stereocenters. The van der Waals surface area contributed by atoms with E-state index in [0.29, 0.717) is 17.4 Å². The Balaban J connectivity index is 1.65. The SMILES string of the molecule is Cc1cc(C)n(-c2ccc(Cl)c(C(=O)OCC(=O)Nc3ccc(C(C)C)cc3)n2)n1. The molecular formula is C22H23ClN4O3. The van der Waals surface area contributed by atoms with Crippen molar-refractivity contribution in [3.05, 3.63) is 70.1 Å². The molecule has 0 aliphatic heterocycles. The minimum atomic E-state index is -0.784. The normalized spacial score (nSPS) is 10.9. The first-order chi connectivity index (χ1) is 14.2. The number of nitrogens with zero attached hydrogens (tertiary/aromatic N) is 3. The van der Waals surface area contributed by atoms with Gasteiger partial charge in [0, 0.05) is 11.4 Å². The second-order valence-electron chi connectivity index (χ2n) is 7.24. The summed E-state index contributed by atoms with van der Waals surface area (Å²) in [5.41, 5.74) is 3.41. The van der Waals surface area contributed by atoms with Crippen LogP contribution in [0.4, 0.5) is 5.69 Å². The maximum absolute atomic E-state index is 12.4. The minimum Gasteiger partial charge on any atom is -0.451 e. The zero-order chi connectivity index (χ0) is 21.8. The molecule has 0 aliphatic rings. The standard InChI is InChI=1S/C22H23ClN4O3/c1-13(2)16-5-7-17(8-6-16)24-20(28)12-30-22(29)21-18(23)9-10-19(25-21)27-15(4)11-14(3)26-27/h5-11,13H,12H2,1-4H3,(H,24,28). The van der Waals surface area contributed by atoms with Gasteiger partial charge >= 0.3 is 5.97 Å². The number of aromatic nitrogens is 3. The van der Waals surface area contributed by atoms with Crippen molar-refractivity contribution in [2.24, 2.45) is 0 Å². The zero-order valence-corrected chi connectivity index (χ0v) is 18.0. The molecule has 7 nitrogen and oxygen atoms in total. The summed E-state index contributed by atoms with van der Waals surface area (Å²) in [5.74, 6) is -0.398. The fourth-order valence-electron chi connectivity index (χ4n) is 2.90. The quantitative estimate of drug-likeness (QED) is 0.588. The summed E-state index contributed by atoms with van der Waals surface area (Å²) in [6.45, 7) is 7.48. The van der Waals surface area contributed by atoms with E-state index in [4.69, 9.17) is 16.3 Å². The van der Waals surface area contributed by atoms with Gasteiger partial charge in [-0.15, -0.1) is 0 Å². The number of rotatable bonds is 6. The lowest BCUT2D eigenvalue weighted by atomic mass is 10.0. The molecule has 0 atom stereocenters. The molecule has 0 saturated heterocycles. The summed E-state index contributed by atoms with van der Waals surface area (Å²) in [7, 11) is 0. The molecule has 3 aromatic rings. The molecule has 0 radical (unpaired) electrons. The van der Waals surface area contributed by atoms with E-state index in [1.54, 1.807) is 16.8 Å². The molecule has 30 heavy (non-hydrogen) atoms. The summed E-state index contributed by atoms with van der Waals surface area (Å²) in [5, 5.41) is 7.17. The second kappa shape index (κ2) is 9.09. The first-order valence-electron chi connectivity index (χ1n) is 9.51. The molecule has 0 bridgehead atoms. The van der Waals surface area contributed by atoms with Crippen LogP contribution < -0.4 is 5.32 Å². The molecule has 8 heteroatoms. The van der Waals surface area contributed by atoms with Crippen LogP contribution in [-0.4, -0.2) is 33.2 Å². The fourth-order valence-corrected chi connectivity index (χ4v) is 3.08. The molecule has 2 aromatic heterocycles. The number of aryl methyl sites for hydroxylation is 2. The lowest BCUT2D eigenvalue weighted by Crippen LogP contribution is -2.21. The highest BCUT2D eigenvalue weighted by Gasteiger charge is 2.18. The Morgan fingerprint density at radius 1 is 1.13 bits per heavy atom. The monoisotopic (exact) mass is 426 g/mol. The van der Waals surface area contributed by atoms with E-state index < -0.39 is 18.5 Å². The number of benzene rings is 1. The van der Waals surface area contributed by atoms with Gasteiger partial charge in [-0.05, 0) is 55.7 Å². The van der Waals surface area contributed by atoms with E-state index in [1.807, 2.05) is 44.2 Å². The lowest BCUT2D eigenvalue weighted by molar-refractivity contribution is -0.119. The number of hydrogen-bond donors (Lipinski definition) is 1. The number of anilines is 1. The van der Waals surface area contributed by atoms with Crippen LogP contribution in [0.5, 0.6) is 0 Å². The number of ether oxygens (including phenoxy) is 1. The molecule has 3 rings (SSSR count). The van der Waals surface area contributed by atoms with Gasteiger partial charge in [0.2, 0.25) is 0 Å². The third-order valence-corrected chi connectivity index (χ3v) is 4.75. The van der Waals surface area contributed by atoms with Gasteiger partial charge in [0.25, 0.3) is 5.91 Å². The van der Waals surface area contributed by atoms with Crippen molar-refractivity contribution < 1.29 is 14.3 Å². The van der Waals surface area contributed by atoms with Crippen molar-refractivity contribution in [1.29, 1.82) is 0 Å². The molecule has 1 N–H and O–H groups in total. The van der Waals surface area contributed by atoms with Gasteiger partial charge in [-0.2, -0.15) is 5.10 Å². The van der Waals surface area contributed by atoms with Crippen LogP contribution >= 0.6 is 11.6 Å². The van der Waals surface area contributed by atoms with Crippen molar-refractivity contribution in [2.75, 3.05) is 11.9 Å². The highest BCUT2D eigenvalue weighted by atomic mass is 35.5. The highest BCUT2D eigenvalue weighted by Crippen LogP contribution is 2.19. The van der Waals surface area contributed by atoms with Crippen LogP contribution in [0.25, 0.3) is 5.82 Å². The van der Waals surface area contributed by atoms with Crippen LogP contribution in [0, 0.1) is 13.8 Å². The number of amides is 1. The number of halogens is 1. The lowest BCUT2D eigenvalue weighted by Gasteiger charge is -2.10. The molecule has 1 amide bonds. The van der Waals surface area contributed by atoms with E-state index in [1.165, 1.54) is 5.56 Å². The molecule has 0 fully saturated rings. The molecule has 2 heterocycles. The maximum atomic E-state index is 12.4. The molecule has 0 aliphatic carbocycles. The van der Waals surface area contributed by atoms with Gasteiger partial charge in [0.15, 0.2) is 18.1 Å². The first-order valence-corrected chi connectivity index (χ1v) is 9.89. The van der Waals surface area contributed by atoms with Crippen LogP contribution in [-0.2, 0) is 9.53 Å². The van der Waals surface area contributed by atoms with Crippen molar-refractivity contribution in [2.45, 2.75) is 33.6 Å². The van der Waals surface area contributed by atoms with Crippen LogP contribution in [0.2, 0.25) is 5.02 Å². The van der Waals surface area contributed by atoms with Crippen molar-refractivity contribution >= 4 is 29.2 Å². The predicted molar refractivity (Wildman–Crippen MR) is 115 cm³/mol. The summed E-state index contributed by atoms with van der Waals surface area (Å²) in [6, 6.07) is 12.6. The van der Waals surface area contributed by atoms with Crippen LogP contribution in [0.3, 0.4) is 0 Å². The Labute approximate surface area is 180 Å². The number of hydrogen-bond acceptors (Lipinski definition) is 5. The van der Waals surface area contributed by atoms with E-state index in [2.05, 4.69) is 29.2 Å². The average Bonchev–Trinajstić information content (AvgIpc) is 3.05. The van der Waals surface area contributed by atoms with E-state index in [9.17, 15) is 9.59 Å². The average molecular weight is 427 g/mol. The van der Waals surface area contributed by atoms with Crippen LogP contribution in [0.15, 0.2) is 42.5 Å². The van der Waals surface area contributed by atoms with E-state index in [-0.39, 0.29) is 10.7 Å². The number of esters is 1. The van der Waals surface area contributed by atoms with Crippen molar-refractivity contribution in [3.8, 4) is 5.82 Å². The molecule has 1 aromatic carbocycles. The van der Waals surface area contributed by atoms with Crippen LogP contribution in [0.1, 0.15) is 47.2 Å². The molecular weight excluding hydrogens is 404 g/mol. The predicted octanol–water partition coefficient (Wildman–Crippen LogP) is 4.46. The van der Waals surface area contributed by atoms with E-state index >= 15 is 0 Å². The highest BCUT2D eigenvalue weighted by molar-refractivity contribution is 6.33. The maximum Gasteiger partial charge on any atom is 0.359 e. The largest absolute Gasteiger partial charge is 0.451 e. The second-order valence-corrected chi connectivity index (χ2v) is 7.65. The number of nitrogens with one attached hydrogen (secondary N) is 1. The Hall–Kier alpha value is -3.19. The van der Waals surface area contributed by atoms with Crippen molar-refractivity contribution in [3.63, 3.8) is 0 Å². The molecule has 0 saturated carbocycles. The topological polar surface area (TPSA) is 86.1 Å². The smallest absolute Gasteiger partial charge is 0.359 e. The third kappa shape index (κ3) is 5.04. The summed E-state index contributed by atoms with van der Waals surface area (Å²) in [4.78, 5) is 28.8. The Kier molecular flexibility index (Phi) is 6.52. The number of carbonyl (C=O) groups is 2. The van der Waals surface area contributed by atoms with Gasteiger partial charge in [0.05, 0.1) is 10.7 Å².